The van der Waals surface area contributed by atoms with Crippen molar-refractivity contribution in [3.8, 4) is 0 Å². The molecule has 33 heavy (non-hydrogen) atoms. The fraction of sp³-hybridized carbons (Fsp3) is 0.524. The van der Waals surface area contributed by atoms with E-state index in [4.69, 9.17) is 4.74 Å². The van der Waals surface area contributed by atoms with E-state index in [1.165, 1.54) is 28.6 Å². The molecule has 2 aromatic rings. The molecule has 0 atom stereocenters. The quantitative estimate of drug-likeness (QED) is 0.641. The molecule has 2 amide bonds. The van der Waals surface area contributed by atoms with Gasteiger partial charge in [-0.3, -0.25) is 9.59 Å². The maximum absolute atomic E-state index is 12.7. The van der Waals surface area contributed by atoms with Crippen LogP contribution in [-0.2, 0) is 14.8 Å². The standard InChI is InChI=1S/C21H27N5O5S2/c1-15-19(32-24-23-15)21(28)25-8-6-16(7-9-25)14-22-20(27)17-2-4-18(5-3-17)33(29,30)26-10-12-31-13-11-26/h2-5,16H,6-14H2,1H3,(H,22,27). The van der Waals surface area contributed by atoms with Crippen molar-refractivity contribution < 1.29 is 22.7 Å². The van der Waals surface area contributed by atoms with Crippen molar-refractivity contribution in [3.05, 3.63) is 40.4 Å². The number of piperidine rings is 1. The Kier molecular flexibility index (Phi) is 7.37. The van der Waals surface area contributed by atoms with Gasteiger partial charge in [-0.2, -0.15) is 4.31 Å². The Morgan fingerprint density at radius 2 is 1.79 bits per heavy atom. The minimum Gasteiger partial charge on any atom is -0.379 e. The molecular weight excluding hydrogens is 466 g/mol. The number of hydrogen-bond acceptors (Lipinski definition) is 8. The van der Waals surface area contributed by atoms with E-state index in [2.05, 4.69) is 14.9 Å². The molecule has 1 N–H and O–H groups in total. The summed E-state index contributed by atoms with van der Waals surface area (Å²) in [6.45, 7) is 4.98. The summed E-state index contributed by atoms with van der Waals surface area (Å²) in [4.78, 5) is 27.7. The smallest absolute Gasteiger partial charge is 0.267 e. The Morgan fingerprint density at radius 1 is 1.12 bits per heavy atom. The Morgan fingerprint density at radius 3 is 2.39 bits per heavy atom. The number of nitrogens with one attached hydrogen (secondary N) is 1. The van der Waals surface area contributed by atoms with Crippen molar-refractivity contribution >= 4 is 33.4 Å². The average molecular weight is 494 g/mol. The molecule has 0 bridgehead atoms. The van der Waals surface area contributed by atoms with Gasteiger partial charge < -0.3 is 15.0 Å². The number of carbonyl (C=O) groups excluding carboxylic acids is 2. The van der Waals surface area contributed by atoms with Gasteiger partial charge in [-0.1, -0.05) is 4.49 Å². The minimum atomic E-state index is -3.58. The van der Waals surface area contributed by atoms with Gasteiger partial charge in [0.05, 0.1) is 23.8 Å². The van der Waals surface area contributed by atoms with Crippen LogP contribution in [-0.4, -0.2) is 85.0 Å². The van der Waals surface area contributed by atoms with Crippen LogP contribution in [0.25, 0.3) is 0 Å². The molecule has 0 radical (unpaired) electrons. The Bertz CT molecular complexity index is 1090. The molecular formula is C21H27N5O5S2. The fourth-order valence-corrected chi connectivity index (χ4v) is 6.00. The maximum atomic E-state index is 12.7. The molecule has 0 saturated carbocycles. The van der Waals surface area contributed by atoms with E-state index >= 15 is 0 Å². The summed E-state index contributed by atoms with van der Waals surface area (Å²) in [7, 11) is -3.58. The highest BCUT2D eigenvalue weighted by Gasteiger charge is 2.28. The van der Waals surface area contributed by atoms with Gasteiger partial charge in [-0.05, 0) is 61.5 Å². The van der Waals surface area contributed by atoms with Crippen molar-refractivity contribution in [2.45, 2.75) is 24.7 Å². The molecule has 2 aliphatic heterocycles. The molecule has 0 unspecified atom stereocenters. The van der Waals surface area contributed by atoms with E-state index in [1.54, 1.807) is 6.92 Å². The van der Waals surface area contributed by atoms with E-state index < -0.39 is 10.0 Å². The zero-order chi connectivity index (χ0) is 23.4. The second-order valence-corrected chi connectivity index (χ2v) is 10.9. The third-order valence-electron chi connectivity index (χ3n) is 6.02. The summed E-state index contributed by atoms with van der Waals surface area (Å²) in [5.41, 5.74) is 1.07. The molecule has 3 heterocycles. The Hall–Kier alpha value is -2.41. The Balaban J connectivity index is 1.26. The van der Waals surface area contributed by atoms with Gasteiger partial charge >= 0.3 is 0 Å². The molecule has 12 heteroatoms. The van der Waals surface area contributed by atoms with Crippen molar-refractivity contribution in [3.63, 3.8) is 0 Å². The van der Waals surface area contributed by atoms with Gasteiger partial charge in [-0.15, -0.1) is 5.10 Å². The number of nitrogens with zero attached hydrogens (tertiary/aromatic N) is 4. The van der Waals surface area contributed by atoms with E-state index in [1.807, 2.05) is 4.90 Å². The van der Waals surface area contributed by atoms with Crippen LogP contribution in [0.4, 0.5) is 0 Å². The summed E-state index contributed by atoms with van der Waals surface area (Å²) < 4.78 is 35.8. The lowest BCUT2D eigenvalue weighted by molar-refractivity contribution is 0.0688. The molecule has 1 aromatic carbocycles. The first kappa shape index (κ1) is 23.7. The number of aromatic nitrogens is 2. The second kappa shape index (κ2) is 10.2. The Labute approximate surface area is 197 Å². The highest BCUT2D eigenvalue weighted by atomic mass is 32.2. The van der Waals surface area contributed by atoms with Crippen molar-refractivity contribution in [2.75, 3.05) is 45.9 Å². The van der Waals surface area contributed by atoms with Crippen LogP contribution in [0.1, 0.15) is 38.6 Å². The van der Waals surface area contributed by atoms with E-state index in [0.717, 1.165) is 24.4 Å². The third-order valence-corrected chi connectivity index (χ3v) is 8.75. The monoisotopic (exact) mass is 493 g/mol. The minimum absolute atomic E-state index is 0.0305. The van der Waals surface area contributed by atoms with Gasteiger partial charge in [-0.25, -0.2) is 8.42 Å². The summed E-state index contributed by atoms with van der Waals surface area (Å²) in [5, 5.41) is 6.83. The normalized spacial score (nSPS) is 18.3. The SMILES string of the molecule is Cc1nnsc1C(=O)N1CCC(CNC(=O)c2ccc(S(=O)(=O)N3CCOCC3)cc2)CC1. The van der Waals surface area contributed by atoms with Gasteiger partial charge in [0.1, 0.15) is 4.88 Å². The largest absolute Gasteiger partial charge is 0.379 e. The highest BCUT2D eigenvalue weighted by Crippen LogP contribution is 2.21. The molecule has 178 valence electrons. The number of benzene rings is 1. The van der Waals surface area contributed by atoms with Crippen molar-refractivity contribution in [2.24, 2.45) is 5.92 Å². The number of rotatable bonds is 6. The highest BCUT2D eigenvalue weighted by molar-refractivity contribution is 7.89. The first-order valence-electron chi connectivity index (χ1n) is 10.9. The van der Waals surface area contributed by atoms with Gasteiger partial charge in [0.25, 0.3) is 11.8 Å². The molecule has 2 fully saturated rings. The van der Waals surface area contributed by atoms with E-state index in [0.29, 0.717) is 62.1 Å². The molecule has 2 saturated heterocycles. The van der Waals surface area contributed by atoms with Crippen molar-refractivity contribution in [1.29, 1.82) is 0 Å². The predicted octanol–water partition coefficient (Wildman–Crippen LogP) is 1.15. The van der Waals surface area contributed by atoms with Gasteiger partial charge in [0, 0.05) is 38.3 Å². The second-order valence-electron chi connectivity index (χ2n) is 8.17. The lowest BCUT2D eigenvalue weighted by Gasteiger charge is -2.31. The maximum Gasteiger partial charge on any atom is 0.267 e. The third kappa shape index (κ3) is 5.40. The van der Waals surface area contributed by atoms with Crippen LogP contribution in [0, 0.1) is 12.8 Å². The molecule has 4 rings (SSSR count). The van der Waals surface area contributed by atoms with Gasteiger partial charge in [0.2, 0.25) is 10.0 Å². The number of ether oxygens (including phenoxy) is 1. The molecule has 0 spiro atoms. The van der Waals surface area contributed by atoms with Gasteiger partial charge in [0.15, 0.2) is 0 Å². The lowest BCUT2D eigenvalue weighted by Crippen LogP contribution is -2.41. The van der Waals surface area contributed by atoms with Crippen molar-refractivity contribution in [1.82, 2.24) is 24.1 Å². The summed E-state index contributed by atoms with van der Waals surface area (Å²) in [5.74, 6) is 0.00643. The number of aryl methyl sites for hydroxylation is 1. The summed E-state index contributed by atoms with van der Waals surface area (Å²) in [6, 6.07) is 6.02. The van der Waals surface area contributed by atoms with Crippen LogP contribution in [0.5, 0.6) is 0 Å². The number of amides is 2. The number of carbonyl (C=O) groups is 2. The van der Waals surface area contributed by atoms with Crippen LogP contribution in [0.15, 0.2) is 29.2 Å². The van der Waals surface area contributed by atoms with E-state index in [-0.39, 0.29) is 22.6 Å². The summed E-state index contributed by atoms with van der Waals surface area (Å²) in [6.07, 6.45) is 1.60. The zero-order valence-corrected chi connectivity index (χ0v) is 20.0. The summed E-state index contributed by atoms with van der Waals surface area (Å²) >= 11 is 1.12. The molecule has 1 aromatic heterocycles. The molecule has 0 aliphatic carbocycles. The number of morpholine rings is 1. The number of hydrogen-bond donors (Lipinski definition) is 1. The predicted molar refractivity (Wildman–Crippen MR) is 122 cm³/mol. The average Bonchev–Trinajstić information content (AvgIpc) is 3.28. The zero-order valence-electron chi connectivity index (χ0n) is 18.4. The topological polar surface area (TPSA) is 122 Å². The molecule has 2 aliphatic rings. The van der Waals surface area contributed by atoms with Crippen LogP contribution in [0.2, 0.25) is 0 Å². The van der Waals surface area contributed by atoms with Crippen LogP contribution in [0.3, 0.4) is 0 Å². The first-order chi connectivity index (χ1) is 15.9. The number of sulfonamides is 1. The number of likely N-dealkylation sites (tertiary alicyclic amines) is 1. The van der Waals surface area contributed by atoms with E-state index in [9.17, 15) is 18.0 Å². The first-order valence-corrected chi connectivity index (χ1v) is 13.1. The lowest BCUT2D eigenvalue weighted by atomic mass is 9.96. The fourth-order valence-electron chi connectivity index (χ4n) is 3.96. The van der Waals surface area contributed by atoms with Crippen LogP contribution >= 0.6 is 11.5 Å². The molecule has 10 nitrogen and oxygen atoms in total. The van der Waals surface area contributed by atoms with Crippen LogP contribution < -0.4 is 5.32 Å².